The van der Waals surface area contributed by atoms with Gasteiger partial charge < -0.3 is 9.73 Å². The maximum absolute atomic E-state index is 12.0. The molecule has 3 rings (SSSR count). The largest absolute Gasteiger partial charge is 0.457 e. The number of nitrogens with one attached hydrogen (secondary N) is 1. The first-order valence-electron chi connectivity index (χ1n) is 7.21. The third kappa shape index (κ3) is 4.27. The van der Waals surface area contributed by atoms with Gasteiger partial charge in [0.25, 0.3) is 0 Å². The number of benzene rings is 2. The molecule has 0 aliphatic rings. The van der Waals surface area contributed by atoms with Gasteiger partial charge in [0.05, 0.1) is 10.7 Å². The SMILES string of the molecule is O=C(/C=C/c1ccc(-c2ccccc2)o1)Nc1ccc(I)cc1Cl. The van der Waals surface area contributed by atoms with Crippen LogP contribution in [-0.2, 0) is 4.79 Å². The van der Waals surface area contributed by atoms with Crippen LogP contribution in [0.3, 0.4) is 0 Å². The van der Waals surface area contributed by atoms with Crippen LogP contribution in [0, 0.1) is 3.57 Å². The number of rotatable bonds is 4. The highest BCUT2D eigenvalue weighted by molar-refractivity contribution is 14.1. The van der Waals surface area contributed by atoms with Crippen molar-refractivity contribution in [3.8, 4) is 11.3 Å². The Hall–Kier alpha value is -2.05. The van der Waals surface area contributed by atoms with Crippen molar-refractivity contribution in [3.05, 3.63) is 81.1 Å². The van der Waals surface area contributed by atoms with Crippen molar-refractivity contribution in [1.82, 2.24) is 0 Å². The summed E-state index contributed by atoms with van der Waals surface area (Å²) in [6.07, 6.45) is 3.05. The maximum atomic E-state index is 12.0. The summed E-state index contributed by atoms with van der Waals surface area (Å²) in [4.78, 5) is 12.0. The van der Waals surface area contributed by atoms with Gasteiger partial charge in [0, 0.05) is 15.2 Å². The van der Waals surface area contributed by atoms with Crippen molar-refractivity contribution in [2.24, 2.45) is 0 Å². The van der Waals surface area contributed by atoms with Crippen molar-refractivity contribution in [1.29, 1.82) is 0 Å². The van der Waals surface area contributed by atoms with Gasteiger partial charge in [-0.1, -0.05) is 41.9 Å². The standard InChI is InChI=1S/C19H13ClINO2/c20-16-12-14(21)6-9-17(16)22-19(23)11-8-15-7-10-18(24-15)13-4-2-1-3-5-13/h1-12H,(H,22,23)/b11-8+. The number of hydrogen-bond acceptors (Lipinski definition) is 2. The molecule has 0 fully saturated rings. The Balaban J connectivity index is 1.67. The lowest BCUT2D eigenvalue weighted by Crippen LogP contribution is -2.08. The number of hydrogen-bond donors (Lipinski definition) is 1. The first-order valence-corrected chi connectivity index (χ1v) is 8.67. The molecule has 1 amide bonds. The number of anilines is 1. The van der Waals surface area contributed by atoms with Crippen LogP contribution in [0.2, 0.25) is 5.02 Å². The van der Waals surface area contributed by atoms with Crippen LogP contribution in [0.1, 0.15) is 5.76 Å². The lowest BCUT2D eigenvalue weighted by molar-refractivity contribution is -0.111. The van der Waals surface area contributed by atoms with Gasteiger partial charge in [-0.3, -0.25) is 4.79 Å². The summed E-state index contributed by atoms with van der Waals surface area (Å²) in [5.41, 5.74) is 1.57. The van der Waals surface area contributed by atoms with Crippen molar-refractivity contribution >= 4 is 51.9 Å². The zero-order valence-corrected chi connectivity index (χ0v) is 15.4. The molecule has 5 heteroatoms. The maximum Gasteiger partial charge on any atom is 0.248 e. The lowest BCUT2D eigenvalue weighted by atomic mass is 10.2. The second-order valence-electron chi connectivity index (χ2n) is 5.01. The number of carbonyl (C=O) groups is 1. The minimum atomic E-state index is -0.268. The number of carbonyl (C=O) groups excluding carboxylic acids is 1. The molecule has 0 saturated heterocycles. The molecule has 0 aliphatic carbocycles. The Morgan fingerprint density at radius 3 is 2.62 bits per heavy atom. The van der Waals surface area contributed by atoms with Crippen LogP contribution in [0.5, 0.6) is 0 Å². The Morgan fingerprint density at radius 1 is 1.08 bits per heavy atom. The molecule has 1 aromatic heterocycles. The molecule has 1 N–H and O–H groups in total. The first-order chi connectivity index (χ1) is 11.6. The Kier molecular flexibility index (Phi) is 5.37. The summed E-state index contributed by atoms with van der Waals surface area (Å²) < 4.78 is 6.73. The predicted molar refractivity (Wildman–Crippen MR) is 106 cm³/mol. The van der Waals surface area contributed by atoms with E-state index in [1.54, 1.807) is 18.2 Å². The van der Waals surface area contributed by atoms with Crippen LogP contribution >= 0.6 is 34.2 Å². The number of halogens is 2. The van der Waals surface area contributed by atoms with Crippen LogP contribution in [0.4, 0.5) is 5.69 Å². The van der Waals surface area contributed by atoms with E-state index in [2.05, 4.69) is 27.9 Å². The Labute approximate surface area is 158 Å². The van der Waals surface area contributed by atoms with Gasteiger partial charge in [0.1, 0.15) is 11.5 Å². The minimum Gasteiger partial charge on any atom is -0.457 e. The first kappa shape index (κ1) is 16.8. The van der Waals surface area contributed by atoms with Gasteiger partial charge in [0.15, 0.2) is 0 Å². The monoisotopic (exact) mass is 449 g/mol. The van der Waals surface area contributed by atoms with E-state index >= 15 is 0 Å². The fourth-order valence-corrected chi connectivity index (χ4v) is 3.03. The molecule has 0 spiro atoms. The fourth-order valence-electron chi connectivity index (χ4n) is 2.12. The molecule has 0 bridgehead atoms. The highest BCUT2D eigenvalue weighted by atomic mass is 127. The quantitative estimate of drug-likeness (QED) is 0.401. The second-order valence-corrected chi connectivity index (χ2v) is 6.67. The van der Waals surface area contributed by atoms with Crippen molar-refractivity contribution in [2.45, 2.75) is 0 Å². The molecule has 3 nitrogen and oxygen atoms in total. The van der Waals surface area contributed by atoms with E-state index in [1.165, 1.54) is 6.08 Å². The molecule has 120 valence electrons. The van der Waals surface area contributed by atoms with Crippen LogP contribution in [0.15, 0.2) is 71.2 Å². The average molecular weight is 450 g/mol. The molecule has 0 saturated carbocycles. The molecule has 0 radical (unpaired) electrons. The summed E-state index contributed by atoms with van der Waals surface area (Å²) in [7, 11) is 0. The van der Waals surface area contributed by atoms with Gasteiger partial charge in [-0.25, -0.2) is 0 Å². The Morgan fingerprint density at radius 2 is 1.88 bits per heavy atom. The highest BCUT2D eigenvalue weighted by Gasteiger charge is 2.05. The summed E-state index contributed by atoms with van der Waals surface area (Å²) in [6.45, 7) is 0. The normalized spacial score (nSPS) is 10.9. The minimum absolute atomic E-state index is 0.268. The molecule has 3 aromatic rings. The summed E-state index contributed by atoms with van der Waals surface area (Å²) in [5, 5.41) is 3.25. The third-order valence-electron chi connectivity index (χ3n) is 3.27. The average Bonchev–Trinajstić information content (AvgIpc) is 3.05. The molecular weight excluding hydrogens is 437 g/mol. The van der Waals surface area contributed by atoms with Crippen LogP contribution < -0.4 is 5.32 Å². The second kappa shape index (κ2) is 7.68. The van der Waals surface area contributed by atoms with Gasteiger partial charge >= 0.3 is 0 Å². The zero-order chi connectivity index (χ0) is 16.9. The molecule has 0 unspecified atom stereocenters. The lowest BCUT2D eigenvalue weighted by Gasteiger charge is -2.04. The molecular formula is C19H13ClINO2. The van der Waals surface area contributed by atoms with E-state index in [-0.39, 0.29) is 5.91 Å². The molecule has 24 heavy (non-hydrogen) atoms. The highest BCUT2D eigenvalue weighted by Crippen LogP contribution is 2.24. The summed E-state index contributed by atoms with van der Waals surface area (Å²) in [5.74, 6) is 1.10. The zero-order valence-electron chi connectivity index (χ0n) is 12.5. The van der Waals surface area contributed by atoms with E-state index in [1.807, 2.05) is 48.5 Å². The number of furan rings is 1. The van der Waals surface area contributed by atoms with E-state index in [0.717, 1.165) is 14.9 Å². The topological polar surface area (TPSA) is 42.2 Å². The van der Waals surface area contributed by atoms with Crippen LogP contribution in [0.25, 0.3) is 17.4 Å². The fraction of sp³-hybridized carbons (Fsp3) is 0. The third-order valence-corrected chi connectivity index (χ3v) is 4.26. The van der Waals surface area contributed by atoms with E-state index < -0.39 is 0 Å². The smallest absolute Gasteiger partial charge is 0.248 e. The van der Waals surface area contributed by atoms with E-state index in [9.17, 15) is 4.79 Å². The van der Waals surface area contributed by atoms with E-state index in [4.69, 9.17) is 16.0 Å². The summed E-state index contributed by atoms with van der Waals surface area (Å²) in [6, 6.07) is 18.9. The van der Waals surface area contributed by atoms with Gasteiger partial charge in [-0.05, 0) is 59.0 Å². The molecule has 0 atom stereocenters. The molecule has 2 aromatic carbocycles. The van der Waals surface area contributed by atoms with Gasteiger partial charge in [-0.2, -0.15) is 0 Å². The van der Waals surface area contributed by atoms with Crippen molar-refractivity contribution in [2.75, 3.05) is 5.32 Å². The Bertz CT molecular complexity index is 887. The van der Waals surface area contributed by atoms with Gasteiger partial charge in [0.2, 0.25) is 5.91 Å². The van der Waals surface area contributed by atoms with Crippen LogP contribution in [-0.4, -0.2) is 5.91 Å². The van der Waals surface area contributed by atoms with Gasteiger partial charge in [-0.15, -0.1) is 0 Å². The summed E-state index contributed by atoms with van der Waals surface area (Å²) >= 11 is 8.26. The molecule has 0 aliphatic heterocycles. The number of amides is 1. The van der Waals surface area contributed by atoms with E-state index in [0.29, 0.717) is 16.5 Å². The van der Waals surface area contributed by atoms with Crippen molar-refractivity contribution in [3.63, 3.8) is 0 Å². The molecule has 1 heterocycles. The van der Waals surface area contributed by atoms with Crippen molar-refractivity contribution < 1.29 is 9.21 Å². The predicted octanol–water partition coefficient (Wildman–Crippen LogP) is 5.86.